The fourth-order valence-electron chi connectivity index (χ4n) is 2.30. The second-order valence-electron chi connectivity index (χ2n) is 4.65. The SMILES string of the molecule is CC[Si](CC)(CC)/C(=C/COC(C)=O)COC(C)=O. The molecule has 0 saturated carbocycles. The quantitative estimate of drug-likeness (QED) is 0.508. The van der Waals surface area contributed by atoms with Crippen molar-refractivity contribution in [2.24, 2.45) is 0 Å². The molecule has 0 aliphatic carbocycles. The average Bonchev–Trinajstić information content (AvgIpc) is 2.37. The summed E-state index contributed by atoms with van der Waals surface area (Å²) in [6.45, 7) is 9.96. The molecule has 0 rings (SSSR count). The van der Waals surface area contributed by atoms with Gasteiger partial charge >= 0.3 is 11.9 Å². The highest BCUT2D eigenvalue weighted by molar-refractivity contribution is 6.86. The van der Waals surface area contributed by atoms with Crippen LogP contribution in [0.15, 0.2) is 11.3 Å². The maximum atomic E-state index is 11.0. The number of hydrogen-bond acceptors (Lipinski definition) is 4. The Labute approximate surface area is 117 Å². The standard InChI is InChI=1S/C14H26O4Si/c1-6-19(7-2,8-3)14(11-18-13(5)16)9-10-17-12(4)15/h9H,6-8,10-11H2,1-5H3/b14-9+. The minimum atomic E-state index is -1.59. The largest absolute Gasteiger partial charge is 0.462 e. The summed E-state index contributed by atoms with van der Waals surface area (Å²) in [4.78, 5) is 21.8. The summed E-state index contributed by atoms with van der Waals surface area (Å²) in [5, 5.41) is 1.18. The van der Waals surface area contributed by atoms with E-state index in [1.54, 1.807) is 0 Å². The molecule has 0 bridgehead atoms. The van der Waals surface area contributed by atoms with Crippen LogP contribution in [0.2, 0.25) is 18.1 Å². The molecule has 0 fully saturated rings. The molecule has 0 aromatic heterocycles. The second kappa shape index (κ2) is 8.91. The zero-order valence-electron chi connectivity index (χ0n) is 12.7. The first-order valence-electron chi connectivity index (χ1n) is 6.88. The Morgan fingerprint density at radius 2 is 1.42 bits per heavy atom. The predicted octanol–water partition coefficient (Wildman–Crippen LogP) is 3.09. The van der Waals surface area contributed by atoms with E-state index in [1.807, 2.05) is 6.08 Å². The van der Waals surface area contributed by atoms with Crippen molar-refractivity contribution >= 4 is 20.0 Å². The number of ether oxygens (including phenoxy) is 2. The van der Waals surface area contributed by atoms with Gasteiger partial charge in [0.05, 0.1) is 8.07 Å². The summed E-state index contributed by atoms with van der Waals surface area (Å²) >= 11 is 0. The minimum Gasteiger partial charge on any atom is -0.462 e. The van der Waals surface area contributed by atoms with Crippen molar-refractivity contribution in [2.45, 2.75) is 52.8 Å². The van der Waals surface area contributed by atoms with Crippen LogP contribution in [-0.2, 0) is 19.1 Å². The first-order valence-corrected chi connectivity index (χ1v) is 9.50. The topological polar surface area (TPSA) is 52.6 Å². The molecule has 0 radical (unpaired) electrons. The van der Waals surface area contributed by atoms with Crippen LogP contribution >= 0.6 is 0 Å². The normalized spacial score (nSPS) is 12.2. The van der Waals surface area contributed by atoms with Gasteiger partial charge in [0.25, 0.3) is 0 Å². The van der Waals surface area contributed by atoms with Crippen LogP contribution in [0.25, 0.3) is 0 Å². The maximum absolute atomic E-state index is 11.0. The monoisotopic (exact) mass is 286 g/mol. The van der Waals surface area contributed by atoms with E-state index in [0.717, 1.165) is 18.1 Å². The predicted molar refractivity (Wildman–Crippen MR) is 78.5 cm³/mol. The molecule has 0 unspecified atom stereocenters. The van der Waals surface area contributed by atoms with Crippen LogP contribution in [0.1, 0.15) is 34.6 Å². The van der Waals surface area contributed by atoms with E-state index >= 15 is 0 Å². The number of esters is 2. The molecular formula is C14H26O4Si. The molecule has 0 aromatic carbocycles. The lowest BCUT2D eigenvalue weighted by Gasteiger charge is -2.31. The van der Waals surface area contributed by atoms with Gasteiger partial charge in [-0.3, -0.25) is 9.59 Å². The van der Waals surface area contributed by atoms with Crippen LogP contribution < -0.4 is 0 Å². The molecule has 0 aliphatic heterocycles. The summed E-state index contributed by atoms with van der Waals surface area (Å²) in [6, 6.07) is 3.31. The average molecular weight is 286 g/mol. The molecular weight excluding hydrogens is 260 g/mol. The van der Waals surface area contributed by atoms with E-state index in [0.29, 0.717) is 6.61 Å². The molecule has 0 saturated heterocycles. The Morgan fingerprint density at radius 1 is 0.947 bits per heavy atom. The number of rotatable bonds is 8. The van der Waals surface area contributed by atoms with Crippen molar-refractivity contribution in [3.05, 3.63) is 11.3 Å². The van der Waals surface area contributed by atoms with Crippen LogP contribution in [0.5, 0.6) is 0 Å². The van der Waals surface area contributed by atoms with Gasteiger partial charge in [-0.1, -0.05) is 38.9 Å². The van der Waals surface area contributed by atoms with E-state index in [9.17, 15) is 9.59 Å². The van der Waals surface area contributed by atoms with Gasteiger partial charge < -0.3 is 9.47 Å². The van der Waals surface area contributed by atoms with E-state index in [4.69, 9.17) is 9.47 Å². The van der Waals surface area contributed by atoms with Crippen LogP contribution in [0.3, 0.4) is 0 Å². The Balaban J connectivity index is 5.00. The number of carbonyl (C=O) groups excluding carboxylic acids is 2. The first kappa shape index (κ1) is 17.9. The van der Waals surface area contributed by atoms with E-state index in [2.05, 4.69) is 20.8 Å². The smallest absolute Gasteiger partial charge is 0.302 e. The van der Waals surface area contributed by atoms with Crippen LogP contribution in [0.4, 0.5) is 0 Å². The van der Waals surface area contributed by atoms with Gasteiger partial charge in [0.1, 0.15) is 13.2 Å². The Morgan fingerprint density at radius 3 is 1.79 bits per heavy atom. The molecule has 0 atom stereocenters. The Hall–Kier alpha value is -1.10. The molecule has 0 spiro atoms. The molecule has 0 amide bonds. The molecule has 4 nitrogen and oxygen atoms in total. The van der Waals surface area contributed by atoms with Gasteiger partial charge in [0, 0.05) is 13.8 Å². The van der Waals surface area contributed by atoms with Crippen molar-refractivity contribution in [2.75, 3.05) is 13.2 Å². The van der Waals surface area contributed by atoms with E-state index in [-0.39, 0.29) is 18.5 Å². The summed E-state index contributed by atoms with van der Waals surface area (Å²) in [5.74, 6) is -0.565. The fourth-order valence-corrected chi connectivity index (χ4v) is 6.06. The molecule has 110 valence electrons. The Bertz CT molecular complexity index is 324. The lowest BCUT2D eigenvalue weighted by atomic mass is 10.5. The van der Waals surface area contributed by atoms with Crippen molar-refractivity contribution in [1.29, 1.82) is 0 Å². The number of carbonyl (C=O) groups is 2. The third kappa shape index (κ3) is 6.05. The molecule has 19 heavy (non-hydrogen) atoms. The van der Waals surface area contributed by atoms with E-state index < -0.39 is 8.07 Å². The molecule has 0 aromatic rings. The zero-order valence-corrected chi connectivity index (χ0v) is 13.7. The Kier molecular flexibility index (Phi) is 8.39. The molecule has 0 aliphatic rings. The highest BCUT2D eigenvalue weighted by Gasteiger charge is 2.31. The van der Waals surface area contributed by atoms with Crippen molar-refractivity contribution in [1.82, 2.24) is 0 Å². The molecule has 0 heterocycles. The number of hydrogen-bond donors (Lipinski definition) is 0. The van der Waals surface area contributed by atoms with Crippen molar-refractivity contribution in [3.63, 3.8) is 0 Å². The lowest BCUT2D eigenvalue weighted by molar-refractivity contribution is -0.141. The van der Waals surface area contributed by atoms with Crippen molar-refractivity contribution < 1.29 is 19.1 Å². The van der Waals surface area contributed by atoms with Gasteiger partial charge in [0.15, 0.2) is 0 Å². The highest BCUT2D eigenvalue weighted by Crippen LogP contribution is 2.28. The summed E-state index contributed by atoms with van der Waals surface area (Å²) < 4.78 is 10.1. The first-order chi connectivity index (χ1) is 8.91. The van der Waals surface area contributed by atoms with Gasteiger partial charge in [-0.05, 0) is 11.3 Å². The summed E-state index contributed by atoms with van der Waals surface area (Å²) in [5.41, 5.74) is 0. The van der Waals surface area contributed by atoms with E-state index in [1.165, 1.54) is 19.0 Å². The maximum Gasteiger partial charge on any atom is 0.302 e. The van der Waals surface area contributed by atoms with Crippen LogP contribution in [0, 0.1) is 0 Å². The highest BCUT2D eigenvalue weighted by atomic mass is 28.3. The second-order valence-corrected chi connectivity index (χ2v) is 9.98. The van der Waals surface area contributed by atoms with Gasteiger partial charge in [-0.25, -0.2) is 0 Å². The van der Waals surface area contributed by atoms with Gasteiger partial charge in [0.2, 0.25) is 0 Å². The third-order valence-corrected chi connectivity index (χ3v) is 9.53. The summed E-state index contributed by atoms with van der Waals surface area (Å²) in [6.07, 6.45) is 1.94. The molecule has 5 heteroatoms. The summed E-state index contributed by atoms with van der Waals surface area (Å²) in [7, 11) is -1.59. The minimum absolute atomic E-state index is 0.265. The van der Waals surface area contributed by atoms with Gasteiger partial charge in [-0.2, -0.15) is 0 Å². The van der Waals surface area contributed by atoms with Crippen molar-refractivity contribution in [3.8, 4) is 0 Å². The van der Waals surface area contributed by atoms with Crippen LogP contribution in [-0.4, -0.2) is 33.2 Å². The fraction of sp³-hybridized carbons (Fsp3) is 0.714. The third-order valence-electron chi connectivity index (χ3n) is 3.76. The van der Waals surface area contributed by atoms with Gasteiger partial charge in [-0.15, -0.1) is 0 Å². The lowest BCUT2D eigenvalue weighted by Crippen LogP contribution is -2.37. The zero-order chi connectivity index (χ0) is 14.9. The molecule has 0 N–H and O–H groups in total.